The molecule has 0 spiro atoms. The number of aromatic nitrogens is 1. The number of hydrogen-bond donors (Lipinski definition) is 2. The zero-order valence-corrected chi connectivity index (χ0v) is 7.20. The molecule has 0 fully saturated rings. The van der Waals surface area contributed by atoms with Gasteiger partial charge in [-0.15, -0.1) is 0 Å². The Kier molecular flexibility index (Phi) is 3.47. The van der Waals surface area contributed by atoms with Crippen LogP contribution in [0.4, 0.5) is 0 Å². The quantitative estimate of drug-likeness (QED) is 0.747. The molecule has 0 aromatic carbocycles. The SMILES string of the molecule is OCCC(O)c1cnccc1Cl. The first kappa shape index (κ1) is 9.45. The zero-order chi connectivity index (χ0) is 8.97. The second-order valence-corrected chi connectivity index (χ2v) is 2.83. The summed E-state index contributed by atoms with van der Waals surface area (Å²) in [6.07, 6.45) is 2.61. The molecule has 66 valence electrons. The number of aliphatic hydroxyl groups excluding tert-OH is 2. The number of nitrogens with zero attached hydrogens (tertiary/aromatic N) is 1. The fraction of sp³-hybridized carbons (Fsp3) is 0.375. The van der Waals surface area contributed by atoms with Crippen molar-refractivity contribution in [3.63, 3.8) is 0 Å². The summed E-state index contributed by atoms with van der Waals surface area (Å²) in [5, 5.41) is 18.5. The molecule has 1 aromatic heterocycles. The average Bonchev–Trinajstić information content (AvgIpc) is 2.05. The molecular formula is C8H10ClNO2. The average molecular weight is 188 g/mol. The van der Waals surface area contributed by atoms with E-state index in [0.29, 0.717) is 10.6 Å². The molecule has 2 N–H and O–H groups in total. The molecule has 0 aliphatic heterocycles. The molecule has 1 heterocycles. The molecule has 0 saturated carbocycles. The van der Waals surface area contributed by atoms with Crippen LogP contribution in [-0.4, -0.2) is 21.8 Å². The molecule has 4 heteroatoms. The first-order chi connectivity index (χ1) is 5.75. The topological polar surface area (TPSA) is 53.4 Å². The highest BCUT2D eigenvalue weighted by atomic mass is 35.5. The largest absolute Gasteiger partial charge is 0.396 e. The smallest absolute Gasteiger partial charge is 0.0841 e. The molecule has 1 unspecified atom stereocenters. The summed E-state index contributed by atoms with van der Waals surface area (Å²) in [5.74, 6) is 0. The fourth-order valence-electron chi connectivity index (χ4n) is 0.913. The lowest BCUT2D eigenvalue weighted by molar-refractivity contribution is 0.134. The van der Waals surface area contributed by atoms with Crippen LogP contribution >= 0.6 is 11.6 Å². The van der Waals surface area contributed by atoms with Crippen LogP contribution in [0.1, 0.15) is 18.1 Å². The van der Waals surface area contributed by atoms with Gasteiger partial charge in [-0.05, 0) is 6.07 Å². The van der Waals surface area contributed by atoms with Crippen LogP contribution in [0.5, 0.6) is 0 Å². The van der Waals surface area contributed by atoms with Crippen molar-refractivity contribution in [1.29, 1.82) is 0 Å². The highest BCUT2D eigenvalue weighted by molar-refractivity contribution is 6.31. The van der Waals surface area contributed by atoms with E-state index in [9.17, 15) is 5.11 Å². The monoisotopic (exact) mass is 187 g/mol. The normalized spacial score (nSPS) is 12.9. The predicted octanol–water partition coefficient (Wildman–Crippen LogP) is 1.15. The van der Waals surface area contributed by atoms with Gasteiger partial charge in [0.2, 0.25) is 0 Å². The van der Waals surface area contributed by atoms with Crippen molar-refractivity contribution in [1.82, 2.24) is 4.98 Å². The summed E-state index contributed by atoms with van der Waals surface area (Å²) in [6.45, 7) is -0.0631. The maximum atomic E-state index is 9.42. The van der Waals surface area contributed by atoms with Gasteiger partial charge in [-0.3, -0.25) is 4.98 Å². The number of rotatable bonds is 3. The van der Waals surface area contributed by atoms with E-state index in [1.807, 2.05) is 0 Å². The van der Waals surface area contributed by atoms with E-state index < -0.39 is 6.10 Å². The van der Waals surface area contributed by atoms with Crippen LogP contribution in [0.25, 0.3) is 0 Å². The fourth-order valence-corrected chi connectivity index (χ4v) is 1.14. The number of hydrogen-bond acceptors (Lipinski definition) is 3. The lowest BCUT2D eigenvalue weighted by Crippen LogP contribution is -2.01. The van der Waals surface area contributed by atoms with E-state index in [1.54, 1.807) is 12.3 Å². The van der Waals surface area contributed by atoms with Gasteiger partial charge in [0.15, 0.2) is 0 Å². The Bertz CT molecular complexity index is 255. The summed E-state index contributed by atoms with van der Waals surface area (Å²) < 4.78 is 0. The van der Waals surface area contributed by atoms with Crippen LogP contribution in [0.15, 0.2) is 18.5 Å². The van der Waals surface area contributed by atoms with Crippen LogP contribution in [0.3, 0.4) is 0 Å². The Morgan fingerprint density at radius 1 is 1.58 bits per heavy atom. The molecule has 1 rings (SSSR count). The van der Waals surface area contributed by atoms with Crippen LogP contribution in [0, 0.1) is 0 Å². The second-order valence-electron chi connectivity index (χ2n) is 2.43. The Labute approximate surface area is 75.6 Å². The van der Waals surface area contributed by atoms with E-state index in [4.69, 9.17) is 16.7 Å². The Hall–Kier alpha value is -0.640. The lowest BCUT2D eigenvalue weighted by Gasteiger charge is -2.09. The minimum atomic E-state index is -0.726. The molecule has 0 aliphatic carbocycles. The number of pyridine rings is 1. The second kappa shape index (κ2) is 4.40. The highest BCUT2D eigenvalue weighted by Crippen LogP contribution is 2.23. The van der Waals surface area contributed by atoms with Crippen molar-refractivity contribution >= 4 is 11.6 Å². The summed E-state index contributed by atoms with van der Waals surface area (Å²) in [6, 6.07) is 1.61. The molecule has 0 aliphatic rings. The molecular weight excluding hydrogens is 178 g/mol. The van der Waals surface area contributed by atoms with Crippen molar-refractivity contribution in [2.24, 2.45) is 0 Å². The van der Waals surface area contributed by atoms with E-state index in [1.165, 1.54) is 6.20 Å². The standard InChI is InChI=1S/C8H10ClNO2/c9-7-1-3-10-5-6(7)8(12)2-4-11/h1,3,5,8,11-12H,2,4H2. The van der Waals surface area contributed by atoms with Gasteiger partial charge in [0.05, 0.1) is 6.10 Å². The lowest BCUT2D eigenvalue weighted by atomic mass is 10.1. The van der Waals surface area contributed by atoms with Crippen LogP contribution in [-0.2, 0) is 0 Å². The Morgan fingerprint density at radius 2 is 2.33 bits per heavy atom. The molecule has 3 nitrogen and oxygen atoms in total. The van der Waals surface area contributed by atoms with Crippen molar-refractivity contribution in [3.8, 4) is 0 Å². The third-order valence-electron chi connectivity index (χ3n) is 1.56. The highest BCUT2D eigenvalue weighted by Gasteiger charge is 2.09. The minimum Gasteiger partial charge on any atom is -0.396 e. The first-order valence-corrected chi connectivity index (χ1v) is 4.02. The van der Waals surface area contributed by atoms with Gasteiger partial charge in [0.1, 0.15) is 0 Å². The van der Waals surface area contributed by atoms with Gasteiger partial charge in [0, 0.05) is 36.0 Å². The van der Waals surface area contributed by atoms with E-state index >= 15 is 0 Å². The first-order valence-electron chi connectivity index (χ1n) is 3.64. The third kappa shape index (κ3) is 2.17. The van der Waals surface area contributed by atoms with Gasteiger partial charge < -0.3 is 10.2 Å². The van der Waals surface area contributed by atoms with Gasteiger partial charge in [-0.2, -0.15) is 0 Å². The molecule has 12 heavy (non-hydrogen) atoms. The Morgan fingerprint density at radius 3 is 2.92 bits per heavy atom. The van der Waals surface area contributed by atoms with Crippen molar-refractivity contribution < 1.29 is 10.2 Å². The van der Waals surface area contributed by atoms with Crippen LogP contribution in [0.2, 0.25) is 5.02 Å². The van der Waals surface area contributed by atoms with Crippen molar-refractivity contribution in [2.45, 2.75) is 12.5 Å². The van der Waals surface area contributed by atoms with Crippen molar-refractivity contribution in [3.05, 3.63) is 29.0 Å². The zero-order valence-electron chi connectivity index (χ0n) is 6.44. The molecule has 1 atom stereocenters. The van der Waals surface area contributed by atoms with E-state index in [-0.39, 0.29) is 13.0 Å². The number of aliphatic hydroxyl groups is 2. The molecule has 0 radical (unpaired) electrons. The number of halogens is 1. The summed E-state index contributed by atoms with van der Waals surface area (Å²) in [5.41, 5.74) is 0.563. The maximum absolute atomic E-state index is 9.42. The van der Waals surface area contributed by atoms with Crippen LogP contribution < -0.4 is 0 Å². The summed E-state index contributed by atoms with van der Waals surface area (Å²) in [4.78, 5) is 3.82. The molecule has 0 amide bonds. The molecule has 0 bridgehead atoms. The third-order valence-corrected chi connectivity index (χ3v) is 1.90. The van der Waals surface area contributed by atoms with E-state index in [2.05, 4.69) is 4.98 Å². The van der Waals surface area contributed by atoms with Gasteiger partial charge in [-0.1, -0.05) is 11.6 Å². The molecule has 1 aromatic rings. The maximum Gasteiger partial charge on any atom is 0.0841 e. The Balaban J connectivity index is 2.79. The molecule has 0 saturated heterocycles. The van der Waals surface area contributed by atoms with Crippen molar-refractivity contribution in [2.75, 3.05) is 6.61 Å². The van der Waals surface area contributed by atoms with Gasteiger partial charge in [0.25, 0.3) is 0 Å². The summed E-state index contributed by atoms with van der Waals surface area (Å²) in [7, 11) is 0. The predicted molar refractivity (Wildman–Crippen MR) is 45.9 cm³/mol. The minimum absolute atomic E-state index is 0.0631. The van der Waals surface area contributed by atoms with Gasteiger partial charge in [-0.25, -0.2) is 0 Å². The van der Waals surface area contributed by atoms with E-state index in [0.717, 1.165) is 0 Å². The van der Waals surface area contributed by atoms with Gasteiger partial charge >= 0.3 is 0 Å². The summed E-state index contributed by atoms with van der Waals surface area (Å²) >= 11 is 5.77.